The van der Waals surface area contributed by atoms with Crippen molar-refractivity contribution >= 4 is 11.9 Å². The Morgan fingerprint density at radius 3 is 2.56 bits per heavy atom. The van der Waals surface area contributed by atoms with Crippen LogP contribution in [0, 0.1) is 0 Å². The van der Waals surface area contributed by atoms with Crippen LogP contribution in [0.25, 0.3) is 0 Å². The van der Waals surface area contributed by atoms with Gasteiger partial charge in [0, 0.05) is 6.61 Å². The number of aliphatic imine (C=N–C) groups is 2. The summed E-state index contributed by atoms with van der Waals surface area (Å²) in [5, 5.41) is 1.43. The first kappa shape index (κ1) is 12.7. The molecule has 1 rings (SSSR count). The number of rotatable bonds is 5. The Labute approximate surface area is 95.1 Å². The highest BCUT2D eigenvalue weighted by Crippen LogP contribution is 2.19. The van der Waals surface area contributed by atoms with E-state index in [0.29, 0.717) is 19.8 Å². The summed E-state index contributed by atoms with van der Waals surface area (Å²) in [7, 11) is 0. The van der Waals surface area contributed by atoms with Gasteiger partial charge in [0.25, 0.3) is 0 Å². The van der Waals surface area contributed by atoms with E-state index < -0.39 is 5.66 Å². The normalized spacial score (nSPS) is 19.3. The summed E-state index contributed by atoms with van der Waals surface area (Å²) < 4.78 is 5.16. The maximum atomic E-state index is 5.71. The number of ether oxygens (including phenoxy) is 1. The Hall–Kier alpha value is -1.34. The minimum absolute atomic E-state index is 0.159. The second kappa shape index (κ2) is 5.13. The van der Waals surface area contributed by atoms with Gasteiger partial charge >= 0.3 is 0 Å². The van der Waals surface area contributed by atoms with Gasteiger partial charge in [0.05, 0.1) is 13.2 Å². The highest BCUT2D eigenvalue weighted by Gasteiger charge is 2.32. The number of guanidine groups is 2. The van der Waals surface area contributed by atoms with Gasteiger partial charge in [-0.25, -0.2) is 4.99 Å². The van der Waals surface area contributed by atoms with Crippen molar-refractivity contribution in [3.8, 4) is 0 Å². The lowest BCUT2D eigenvalue weighted by Crippen LogP contribution is -2.54. The topological polar surface area (TPSA) is 98.5 Å². The van der Waals surface area contributed by atoms with Crippen LogP contribution in [0.1, 0.15) is 20.8 Å². The van der Waals surface area contributed by atoms with E-state index in [1.165, 1.54) is 5.06 Å². The maximum Gasteiger partial charge on any atom is 0.226 e. The molecule has 92 valence electrons. The minimum atomic E-state index is -0.651. The van der Waals surface area contributed by atoms with Crippen LogP contribution < -0.4 is 11.5 Å². The molecule has 0 aromatic carbocycles. The first-order valence-corrected chi connectivity index (χ1v) is 5.17. The molecule has 4 N–H and O–H groups in total. The molecule has 1 aliphatic heterocycles. The standard InChI is InChI=1S/C9H19N5O2/c1-4-15-5-6-16-14-8(11)12-7(10)13-9(14,2)3/h4-6H2,1-3H3,(H4,10,11,12,13). The second-order valence-corrected chi connectivity index (χ2v) is 3.76. The lowest BCUT2D eigenvalue weighted by atomic mass is 10.2. The van der Waals surface area contributed by atoms with E-state index in [1.54, 1.807) is 0 Å². The van der Waals surface area contributed by atoms with Crippen molar-refractivity contribution in [2.45, 2.75) is 26.4 Å². The molecule has 0 saturated heterocycles. The van der Waals surface area contributed by atoms with Gasteiger partial charge in [-0.15, -0.1) is 0 Å². The minimum Gasteiger partial charge on any atom is -0.379 e. The molecule has 0 aromatic rings. The smallest absolute Gasteiger partial charge is 0.226 e. The van der Waals surface area contributed by atoms with Gasteiger partial charge in [0.15, 0.2) is 5.66 Å². The Balaban J connectivity index is 2.55. The molecule has 0 aromatic heterocycles. The molecule has 16 heavy (non-hydrogen) atoms. The summed E-state index contributed by atoms with van der Waals surface area (Å²) >= 11 is 0. The predicted octanol–water partition coefficient (Wildman–Crippen LogP) is -0.364. The Morgan fingerprint density at radius 1 is 1.31 bits per heavy atom. The maximum absolute atomic E-state index is 5.71. The van der Waals surface area contributed by atoms with Crippen molar-refractivity contribution in [3.05, 3.63) is 0 Å². The zero-order valence-electron chi connectivity index (χ0n) is 9.93. The van der Waals surface area contributed by atoms with Crippen LogP contribution in [0.4, 0.5) is 0 Å². The van der Waals surface area contributed by atoms with Gasteiger partial charge in [-0.3, -0.25) is 4.84 Å². The average Bonchev–Trinajstić information content (AvgIpc) is 2.14. The number of hydrogen-bond acceptors (Lipinski definition) is 7. The van der Waals surface area contributed by atoms with Crippen molar-refractivity contribution in [3.63, 3.8) is 0 Å². The summed E-state index contributed by atoms with van der Waals surface area (Å²) in [5.41, 5.74) is 10.6. The van der Waals surface area contributed by atoms with E-state index >= 15 is 0 Å². The number of hydroxylamine groups is 2. The fourth-order valence-electron chi connectivity index (χ4n) is 1.35. The molecule has 1 heterocycles. The SMILES string of the molecule is CCOCCON1C(N)=NC(N)=NC1(C)C. The number of nitrogens with zero attached hydrogens (tertiary/aromatic N) is 3. The van der Waals surface area contributed by atoms with E-state index in [9.17, 15) is 0 Å². The van der Waals surface area contributed by atoms with Crippen LogP contribution in [0.2, 0.25) is 0 Å². The number of nitrogens with two attached hydrogens (primary N) is 2. The van der Waals surface area contributed by atoms with E-state index in [-0.39, 0.29) is 11.9 Å². The summed E-state index contributed by atoms with van der Waals surface area (Å²) in [6, 6.07) is 0. The first-order valence-electron chi connectivity index (χ1n) is 5.17. The molecule has 0 spiro atoms. The third-order valence-electron chi connectivity index (χ3n) is 1.97. The van der Waals surface area contributed by atoms with Crippen molar-refractivity contribution in [1.29, 1.82) is 0 Å². The summed E-state index contributed by atoms with van der Waals surface area (Å²) in [6.45, 7) is 7.13. The number of hydrogen-bond donors (Lipinski definition) is 2. The fourth-order valence-corrected chi connectivity index (χ4v) is 1.35. The zero-order chi connectivity index (χ0) is 12.2. The third-order valence-corrected chi connectivity index (χ3v) is 1.97. The van der Waals surface area contributed by atoms with E-state index in [0.717, 1.165) is 0 Å². The molecule has 1 aliphatic rings. The molecule has 0 unspecified atom stereocenters. The average molecular weight is 229 g/mol. The lowest BCUT2D eigenvalue weighted by Gasteiger charge is -2.36. The summed E-state index contributed by atoms with van der Waals surface area (Å²) in [6.07, 6.45) is 0. The molecule has 0 atom stereocenters. The Morgan fingerprint density at radius 2 is 2.00 bits per heavy atom. The van der Waals surface area contributed by atoms with E-state index in [4.69, 9.17) is 21.0 Å². The van der Waals surface area contributed by atoms with Crippen LogP contribution >= 0.6 is 0 Å². The van der Waals surface area contributed by atoms with Gasteiger partial charge < -0.3 is 16.2 Å². The van der Waals surface area contributed by atoms with Crippen molar-refractivity contribution in [1.82, 2.24) is 5.06 Å². The van der Waals surface area contributed by atoms with Crippen molar-refractivity contribution in [2.75, 3.05) is 19.8 Å². The summed E-state index contributed by atoms with van der Waals surface area (Å²) in [4.78, 5) is 13.4. The van der Waals surface area contributed by atoms with Gasteiger partial charge in [0.2, 0.25) is 11.9 Å². The molecule has 7 heteroatoms. The molecule has 0 fully saturated rings. The molecule has 7 nitrogen and oxygen atoms in total. The monoisotopic (exact) mass is 229 g/mol. The first-order chi connectivity index (χ1) is 7.47. The van der Waals surface area contributed by atoms with Crippen LogP contribution in [0.15, 0.2) is 9.98 Å². The third kappa shape index (κ3) is 3.07. The molecule has 0 aliphatic carbocycles. The lowest BCUT2D eigenvalue weighted by molar-refractivity contribution is -0.166. The van der Waals surface area contributed by atoms with Gasteiger partial charge in [-0.05, 0) is 20.8 Å². The van der Waals surface area contributed by atoms with Crippen LogP contribution in [0.3, 0.4) is 0 Å². The molecule has 0 amide bonds. The Kier molecular flexibility index (Phi) is 4.08. The predicted molar refractivity (Wildman–Crippen MR) is 61.6 cm³/mol. The van der Waals surface area contributed by atoms with Crippen LogP contribution in [-0.2, 0) is 9.57 Å². The quantitative estimate of drug-likeness (QED) is 0.627. The van der Waals surface area contributed by atoms with Gasteiger partial charge in [0.1, 0.15) is 0 Å². The van der Waals surface area contributed by atoms with Crippen LogP contribution in [-0.4, -0.2) is 42.5 Å². The fraction of sp³-hybridized carbons (Fsp3) is 0.778. The van der Waals surface area contributed by atoms with Gasteiger partial charge in [-0.1, -0.05) is 0 Å². The molecular weight excluding hydrogens is 210 g/mol. The molecular formula is C9H19N5O2. The summed E-state index contributed by atoms with van der Waals surface area (Å²) in [5.74, 6) is 0.362. The molecule has 0 bridgehead atoms. The highest BCUT2D eigenvalue weighted by atomic mass is 16.7. The Bertz CT molecular complexity index is 300. The van der Waals surface area contributed by atoms with Crippen molar-refractivity contribution in [2.24, 2.45) is 21.5 Å². The van der Waals surface area contributed by atoms with Crippen molar-refractivity contribution < 1.29 is 9.57 Å². The second-order valence-electron chi connectivity index (χ2n) is 3.76. The molecule has 0 radical (unpaired) electrons. The highest BCUT2D eigenvalue weighted by molar-refractivity contribution is 5.95. The zero-order valence-corrected chi connectivity index (χ0v) is 9.93. The molecule has 0 saturated carbocycles. The van der Waals surface area contributed by atoms with E-state index in [2.05, 4.69) is 9.98 Å². The van der Waals surface area contributed by atoms with E-state index in [1.807, 2.05) is 20.8 Å². The largest absolute Gasteiger partial charge is 0.379 e. The van der Waals surface area contributed by atoms with Crippen LogP contribution in [0.5, 0.6) is 0 Å². The van der Waals surface area contributed by atoms with Gasteiger partial charge in [-0.2, -0.15) is 10.1 Å².